The largest absolute Gasteiger partial charge is 0.461 e. The summed E-state index contributed by atoms with van der Waals surface area (Å²) in [4.78, 5) is 11.6. The van der Waals surface area contributed by atoms with E-state index in [2.05, 4.69) is 15.9 Å². The Hall–Kier alpha value is -1.09. The van der Waals surface area contributed by atoms with Gasteiger partial charge in [-0.25, -0.2) is 0 Å². The lowest BCUT2D eigenvalue weighted by molar-refractivity contribution is 0.543. The SMILES string of the molecule is CCc1cc(=O)c2cc(Br)ccc2o1. The van der Waals surface area contributed by atoms with Gasteiger partial charge in [0, 0.05) is 17.0 Å². The number of halogens is 1. The average Bonchev–Trinajstić information content (AvgIpc) is 2.19. The second kappa shape index (κ2) is 3.58. The fraction of sp³-hybridized carbons (Fsp3) is 0.182. The third kappa shape index (κ3) is 1.60. The summed E-state index contributed by atoms with van der Waals surface area (Å²) in [7, 11) is 0. The van der Waals surface area contributed by atoms with Crippen LogP contribution in [0.15, 0.2) is 37.9 Å². The molecule has 0 spiro atoms. The van der Waals surface area contributed by atoms with Crippen molar-refractivity contribution in [3.05, 3.63) is 44.7 Å². The number of hydrogen-bond donors (Lipinski definition) is 0. The highest BCUT2D eigenvalue weighted by Gasteiger charge is 2.03. The maximum absolute atomic E-state index is 11.6. The summed E-state index contributed by atoms with van der Waals surface area (Å²) in [6, 6.07) is 7.00. The molecule has 0 aliphatic carbocycles. The molecule has 0 aliphatic rings. The van der Waals surface area contributed by atoms with Crippen LogP contribution in [0, 0.1) is 0 Å². The normalized spacial score (nSPS) is 10.7. The zero-order chi connectivity index (χ0) is 10.1. The van der Waals surface area contributed by atoms with Crippen molar-refractivity contribution in [1.29, 1.82) is 0 Å². The molecule has 0 N–H and O–H groups in total. The summed E-state index contributed by atoms with van der Waals surface area (Å²) in [5.41, 5.74) is 0.668. The van der Waals surface area contributed by atoms with E-state index in [0.29, 0.717) is 11.0 Å². The van der Waals surface area contributed by atoms with E-state index in [1.165, 1.54) is 0 Å². The van der Waals surface area contributed by atoms with Crippen molar-refractivity contribution >= 4 is 26.9 Å². The van der Waals surface area contributed by atoms with E-state index in [9.17, 15) is 4.79 Å². The summed E-state index contributed by atoms with van der Waals surface area (Å²) in [5.74, 6) is 0.727. The van der Waals surface area contributed by atoms with E-state index in [0.717, 1.165) is 16.7 Å². The smallest absolute Gasteiger partial charge is 0.192 e. The van der Waals surface area contributed by atoms with Crippen LogP contribution < -0.4 is 5.43 Å². The van der Waals surface area contributed by atoms with Gasteiger partial charge in [0.1, 0.15) is 11.3 Å². The summed E-state index contributed by atoms with van der Waals surface area (Å²) in [6.07, 6.45) is 0.737. The monoisotopic (exact) mass is 252 g/mol. The minimum atomic E-state index is 0.0180. The highest BCUT2D eigenvalue weighted by molar-refractivity contribution is 9.10. The van der Waals surface area contributed by atoms with Crippen LogP contribution in [-0.4, -0.2) is 0 Å². The summed E-state index contributed by atoms with van der Waals surface area (Å²) in [6.45, 7) is 1.96. The van der Waals surface area contributed by atoms with Gasteiger partial charge in [0.2, 0.25) is 0 Å². The van der Waals surface area contributed by atoms with Gasteiger partial charge in [-0.15, -0.1) is 0 Å². The van der Waals surface area contributed by atoms with E-state index >= 15 is 0 Å². The van der Waals surface area contributed by atoms with Gasteiger partial charge in [-0.3, -0.25) is 4.79 Å². The summed E-state index contributed by atoms with van der Waals surface area (Å²) < 4.78 is 6.42. The van der Waals surface area contributed by atoms with Crippen LogP contribution in [0.25, 0.3) is 11.0 Å². The first kappa shape index (κ1) is 9.46. The summed E-state index contributed by atoms with van der Waals surface area (Å²) >= 11 is 3.32. The molecule has 0 atom stereocenters. The number of fused-ring (bicyclic) bond motifs is 1. The number of hydrogen-bond acceptors (Lipinski definition) is 2. The zero-order valence-electron chi connectivity index (χ0n) is 7.71. The lowest BCUT2D eigenvalue weighted by Crippen LogP contribution is -2.01. The Morgan fingerprint density at radius 3 is 2.86 bits per heavy atom. The third-order valence-electron chi connectivity index (χ3n) is 2.09. The van der Waals surface area contributed by atoms with Gasteiger partial charge in [0.15, 0.2) is 5.43 Å². The predicted octanol–water partition coefficient (Wildman–Crippen LogP) is 3.12. The van der Waals surface area contributed by atoms with Gasteiger partial charge in [0.25, 0.3) is 0 Å². The molecule has 72 valence electrons. The molecule has 1 heterocycles. The van der Waals surface area contributed by atoms with E-state index < -0.39 is 0 Å². The minimum absolute atomic E-state index is 0.0180. The molecular formula is C11H9BrO2. The topological polar surface area (TPSA) is 30.2 Å². The first-order valence-corrected chi connectivity index (χ1v) is 5.22. The Bertz CT molecular complexity index is 528. The van der Waals surface area contributed by atoms with Crippen LogP contribution >= 0.6 is 15.9 Å². The fourth-order valence-corrected chi connectivity index (χ4v) is 1.71. The quantitative estimate of drug-likeness (QED) is 0.781. The Balaban J connectivity index is 2.83. The molecule has 1 aromatic carbocycles. The highest BCUT2D eigenvalue weighted by Crippen LogP contribution is 2.18. The van der Waals surface area contributed by atoms with Gasteiger partial charge < -0.3 is 4.42 Å². The van der Waals surface area contributed by atoms with Crippen molar-refractivity contribution in [2.24, 2.45) is 0 Å². The van der Waals surface area contributed by atoms with E-state index in [1.54, 1.807) is 18.2 Å². The van der Waals surface area contributed by atoms with Crippen molar-refractivity contribution in [2.45, 2.75) is 13.3 Å². The number of rotatable bonds is 1. The molecule has 0 saturated carbocycles. The molecule has 0 saturated heterocycles. The zero-order valence-corrected chi connectivity index (χ0v) is 9.30. The molecule has 0 radical (unpaired) electrons. The average molecular weight is 253 g/mol. The van der Waals surface area contributed by atoms with Crippen LogP contribution in [0.5, 0.6) is 0 Å². The summed E-state index contributed by atoms with van der Waals surface area (Å²) in [5, 5.41) is 0.622. The molecule has 2 nitrogen and oxygen atoms in total. The molecule has 0 fully saturated rings. The molecule has 2 aromatic rings. The lowest BCUT2D eigenvalue weighted by atomic mass is 10.2. The number of benzene rings is 1. The van der Waals surface area contributed by atoms with Gasteiger partial charge in [0.05, 0.1) is 5.39 Å². The first-order valence-electron chi connectivity index (χ1n) is 4.43. The van der Waals surface area contributed by atoms with Gasteiger partial charge in [-0.05, 0) is 18.2 Å². The van der Waals surface area contributed by atoms with E-state index in [4.69, 9.17) is 4.42 Å². The van der Waals surface area contributed by atoms with Crippen LogP contribution in [0.2, 0.25) is 0 Å². The molecular weight excluding hydrogens is 244 g/mol. The maximum atomic E-state index is 11.6. The molecule has 0 bridgehead atoms. The van der Waals surface area contributed by atoms with Crippen molar-refractivity contribution in [2.75, 3.05) is 0 Å². The Morgan fingerprint density at radius 1 is 1.36 bits per heavy atom. The van der Waals surface area contributed by atoms with Crippen LogP contribution in [0.4, 0.5) is 0 Å². The predicted molar refractivity (Wildman–Crippen MR) is 59.6 cm³/mol. The van der Waals surface area contributed by atoms with Crippen molar-refractivity contribution in [1.82, 2.24) is 0 Å². The second-order valence-electron chi connectivity index (χ2n) is 3.07. The molecule has 3 heteroatoms. The van der Waals surface area contributed by atoms with Crippen LogP contribution in [0.3, 0.4) is 0 Å². The molecule has 0 unspecified atom stereocenters. The fourth-order valence-electron chi connectivity index (χ4n) is 1.35. The molecule has 2 rings (SSSR count). The van der Waals surface area contributed by atoms with Crippen molar-refractivity contribution < 1.29 is 4.42 Å². The Kier molecular flexibility index (Phi) is 2.42. The Morgan fingerprint density at radius 2 is 2.14 bits per heavy atom. The number of aryl methyl sites for hydroxylation is 1. The van der Waals surface area contributed by atoms with E-state index in [-0.39, 0.29) is 5.43 Å². The molecule has 0 aliphatic heterocycles. The first-order chi connectivity index (χ1) is 6.70. The highest BCUT2D eigenvalue weighted by atomic mass is 79.9. The van der Waals surface area contributed by atoms with Crippen molar-refractivity contribution in [3.63, 3.8) is 0 Å². The van der Waals surface area contributed by atoms with Crippen LogP contribution in [-0.2, 0) is 6.42 Å². The molecule has 14 heavy (non-hydrogen) atoms. The minimum Gasteiger partial charge on any atom is -0.461 e. The van der Waals surface area contributed by atoms with Gasteiger partial charge in [-0.2, -0.15) is 0 Å². The van der Waals surface area contributed by atoms with Crippen LogP contribution in [0.1, 0.15) is 12.7 Å². The maximum Gasteiger partial charge on any atom is 0.192 e. The third-order valence-corrected chi connectivity index (χ3v) is 2.58. The van der Waals surface area contributed by atoms with E-state index in [1.807, 2.05) is 13.0 Å². The van der Waals surface area contributed by atoms with Gasteiger partial charge in [-0.1, -0.05) is 22.9 Å². The molecule has 1 aromatic heterocycles. The van der Waals surface area contributed by atoms with Crippen molar-refractivity contribution in [3.8, 4) is 0 Å². The second-order valence-corrected chi connectivity index (χ2v) is 3.99. The molecule has 0 amide bonds. The Labute approximate surface area is 89.7 Å². The van der Waals surface area contributed by atoms with Gasteiger partial charge >= 0.3 is 0 Å². The standard InChI is InChI=1S/C11H9BrO2/c1-2-8-6-10(13)9-5-7(12)3-4-11(9)14-8/h3-6H,2H2,1H3. The lowest BCUT2D eigenvalue weighted by Gasteiger charge is -2.00.